The number of nitrogens with two attached hydrogens (primary N) is 1. The van der Waals surface area contributed by atoms with Crippen molar-refractivity contribution in [1.29, 1.82) is 0 Å². The Morgan fingerprint density at radius 2 is 2.19 bits per heavy atom. The molecule has 0 aliphatic heterocycles. The number of aromatic nitrogens is 1. The number of thioether (sulfide) groups is 1. The van der Waals surface area contributed by atoms with Gasteiger partial charge in [-0.3, -0.25) is 0 Å². The molecule has 0 bridgehead atoms. The van der Waals surface area contributed by atoms with E-state index in [1.165, 1.54) is 19.3 Å². The van der Waals surface area contributed by atoms with E-state index in [9.17, 15) is 0 Å². The maximum Gasteiger partial charge on any atom is 0.142 e. The van der Waals surface area contributed by atoms with E-state index >= 15 is 0 Å². The molecule has 16 heavy (non-hydrogen) atoms. The smallest absolute Gasteiger partial charge is 0.142 e. The van der Waals surface area contributed by atoms with E-state index in [2.05, 4.69) is 22.0 Å². The molecule has 88 valence electrons. The van der Waals surface area contributed by atoms with Crippen LogP contribution in [0.5, 0.6) is 0 Å². The second-order valence-corrected chi connectivity index (χ2v) is 5.09. The van der Waals surface area contributed by atoms with Gasteiger partial charge in [-0.15, -0.1) is 0 Å². The fraction of sp³-hybridized carbons (Fsp3) is 0.545. The van der Waals surface area contributed by atoms with Crippen LogP contribution in [0.2, 0.25) is 0 Å². The Bertz CT molecular complexity index is 345. The van der Waals surface area contributed by atoms with Crippen molar-refractivity contribution >= 4 is 23.4 Å². The fourth-order valence-electron chi connectivity index (χ4n) is 2.16. The van der Waals surface area contributed by atoms with Crippen molar-refractivity contribution in [2.45, 2.75) is 30.6 Å². The van der Waals surface area contributed by atoms with Crippen molar-refractivity contribution in [3.05, 3.63) is 18.2 Å². The number of nitrogens with zero attached hydrogens (tertiary/aromatic N) is 1. The first-order valence-corrected chi connectivity index (χ1v) is 6.85. The molecule has 0 radical (unpaired) electrons. The number of nitrogens with one attached hydrogen (secondary N) is 2. The van der Waals surface area contributed by atoms with Crippen LogP contribution in [0.25, 0.3) is 0 Å². The van der Waals surface area contributed by atoms with Crippen LogP contribution < -0.4 is 16.6 Å². The first kappa shape index (κ1) is 11.5. The number of anilines is 2. The van der Waals surface area contributed by atoms with Crippen molar-refractivity contribution in [3.63, 3.8) is 0 Å². The van der Waals surface area contributed by atoms with Gasteiger partial charge in [0.25, 0.3) is 0 Å². The van der Waals surface area contributed by atoms with Gasteiger partial charge in [0, 0.05) is 11.3 Å². The Kier molecular flexibility index (Phi) is 3.90. The topological polar surface area (TPSA) is 63.0 Å². The molecule has 1 aliphatic carbocycles. The quantitative estimate of drug-likeness (QED) is 0.553. The van der Waals surface area contributed by atoms with Crippen molar-refractivity contribution in [1.82, 2.24) is 4.98 Å². The first-order chi connectivity index (χ1) is 7.83. The summed E-state index contributed by atoms with van der Waals surface area (Å²) in [6.45, 7) is 0. The van der Waals surface area contributed by atoms with Crippen molar-refractivity contribution in [2.75, 3.05) is 17.0 Å². The zero-order valence-electron chi connectivity index (χ0n) is 9.44. The maximum absolute atomic E-state index is 5.34. The number of pyridine rings is 1. The lowest BCUT2D eigenvalue weighted by atomic mass is 10.2. The lowest BCUT2D eigenvalue weighted by molar-refractivity contribution is 0.763. The molecule has 2 unspecified atom stereocenters. The highest BCUT2D eigenvalue weighted by atomic mass is 32.2. The normalized spacial score (nSPS) is 24.4. The second kappa shape index (κ2) is 5.41. The van der Waals surface area contributed by atoms with Gasteiger partial charge in [-0.25, -0.2) is 10.8 Å². The molecule has 1 aromatic rings. The molecule has 0 aromatic carbocycles. The van der Waals surface area contributed by atoms with E-state index in [-0.39, 0.29) is 0 Å². The summed E-state index contributed by atoms with van der Waals surface area (Å²) in [5, 5.41) is 4.19. The molecule has 2 atom stereocenters. The third-order valence-electron chi connectivity index (χ3n) is 2.99. The van der Waals surface area contributed by atoms with Crippen molar-refractivity contribution in [2.24, 2.45) is 5.84 Å². The minimum Gasteiger partial charge on any atom is -0.366 e. The molecule has 1 fully saturated rings. The molecular weight excluding hydrogens is 220 g/mol. The minimum atomic E-state index is 0.538. The first-order valence-electron chi connectivity index (χ1n) is 5.56. The lowest BCUT2D eigenvalue weighted by Gasteiger charge is -2.19. The summed E-state index contributed by atoms with van der Waals surface area (Å²) in [4.78, 5) is 4.37. The van der Waals surface area contributed by atoms with Gasteiger partial charge in [0.15, 0.2) is 0 Å². The van der Waals surface area contributed by atoms with Crippen LogP contribution in [0, 0.1) is 0 Å². The largest absolute Gasteiger partial charge is 0.366 e. The van der Waals surface area contributed by atoms with Crippen LogP contribution in [0.4, 0.5) is 11.6 Å². The van der Waals surface area contributed by atoms with E-state index < -0.39 is 0 Å². The zero-order valence-corrected chi connectivity index (χ0v) is 10.3. The zero-order chi connectivity index (χ0) is 11.4. The molecule has 5 heteroatoms. The molecule has 1 aromatic heterocycles. The van der Waals surface area contributed by atoms with Gasteiger partial charge in [0.1, 0.15) is 11.6 Å². The van der Waals surface area contributed by atoms with Crippen molar-refractivity contribution < 1.29 is 0 Å². The van der Waals surface area contributed by atoms with E-state index in [0.717, 1.165) is 5.82 Å². The van der Waals surface area contributed by atoms with Crippen LogP contribution in [-0.2, 0) is 0 Å². The van der Waals surface area contributed by atoms with E-state index in [4.69, 9.17) is 5.84 Å². The summed E-state index contributed by atoms with van der Waals surface area (Å²) in [5.41, 5.74) is 2.56. The fourth-order valence-corrected chi connectivity index (χ4v) is 3.09. The van der Waals surface area contributed by atoms with Gasteiger partial charge >= 0.3 is 0 Å². The maximum atomic E-state index is 5.34. The molecule has 1 saturated carbocycles. The van der Waals surface area contributed by atoms with Crippen LogP contribution >= 0.6 is 11.8 Å². The van der Waals surface area contributed by atoms with Gasteiger partial charge in [0.2, 0.25) is 0 Å². The minimum absolute atomic E-state index is 0.538. The predicted octanol–water partition coefficient (Wildman–Crippen LogP) is 2.06. The molecule has 1 aliphatic rings. The Morgan fingerprint density at radius 3 is 2.94 bits per heavy atom. The molecule has 0 spiro atoms. The molecule has 1 heterocycles. The Balaban J connectivity index is 2.02. The van der Waals surface area contributed by atoms with Gasteiger partial charge in [-0.1, -0.05) is 12.5 Å². The standard InChI is InChI=1S/C11H18N4S/c1-16-9-5-2-4-8(9)13-10-6-3-7-11(14-10)15-12/h3,6-9H,2,4-5,12H2,1H3,(H2,13,14,15). The highest BCUT2D eigenvalue weighted by Crippen LogP contribution is 2.30. The van der Waals surface area contributed by atoms with Gasteiger partial charge in [0.05, 0.1) is 0 Å². The van der Waals surface area contributed by atoms with Crippen LogP contribution in [0.1, 0.15) is 19.3 Å². The molecule has 4 nitrogen and oxygen atoms in total. The summed E-state index contributed by atoms with van der Waals surface area (Å²) in [5.74, 6) is 6.94. The Morgan fingerprint density at radius 1 is 1.38 bits per heavy atom. The average molecular weight is 238 g/mol. The number of rotatable bonds is 4. The number of nitrogen functional groups attached to an aromatic ring is 1. The number of hydrazine groups is 1. The van der Waals surface area contributed by atoms with Crippen molar-refractivity contribution in [3.8, 4) is 0 Å². The summed E-state index contributed by atoms with van der Waals surface area (Å²) < 4.78 is 0. The monoisotopic (exact) mass is 238 g/mol. The van der Waals surface area contributed by atoms with E-state index in [0.29, 0.717) is 17.1 Å². The molecule has 0 amide bonds. The highest BCUT2D eigenvalue weighted by molar-refractivity contribution is 7.99. The SMILES string of the molecule is CSC1CCCC1Nc1cccc(NN)n1. The van der Waals surface area contributed by atoms with E-state index in [1.54, 1.807) is 0 Å². The third-order valence-corrected chi connectivity index (χ3v) is 4.16. The summed E-state index contributed by atoms with van der Waals surface area (Å²) in [7, 11) is 0. The van der Waals surface area contributed by atoms with Crippen LogP contribution in [0.15, 0.2) is 18.2 Å². The summed E-state index contributed by atoms with van der Waals surface area (Å²) in [6, 6.07) is 6.33. The molecular formula is C11H18N4S. The average Bonchev–Trinajstić information content (AvgIpc) is 2.76. The number of hydrogen-bond acceptors (Lipinski definition) is 5. The Labute approximate surface area is 100 Å². The number of hydrogen-bond donors (Lipinski definition) is 3. The molecule has 2 rings (SSSR count). The van der Waals surface area contributed by atoms with Crippen LogP contribution in [-0.4, -0.2) is 22.5 Å². The van der Waals surface area contributed by atoms with Gasteiger partial charge in [-0.2, -0.15) is 11.8 Å². The molecule has 4 N–H and O–H groups in total. The van der Waals surface area contributed by atoms with E-state index in [1.807, 2.05) is 30.0 Å². The highest BCUT2D eigenvalue weighted by Gasteiger charge is 2.26. The summed E-state index contributed by atoms with van der Waals surface area (Å²) >= 11 is 1.94. The Hall–Kier alpha value is -0.940. The van der Waals surface area contributed by atoms with Gasteiger partial charge < -0.3 is 10.7 Å². The molecule has 0 saturated heterocycles. The third kappa shape index (κ3) is 2.59. The predicted molar refractivity (Wildman–Crippen MR) is 70.6 cm³/mol. The van der Waals surface area contributed by atoms with Crippen LogP contribution in [0.3, 0.4) is 0 Å². The lowest BCUT2D eigenvalue weighted by Crippen LogP contribution is -2.26. The second-order valence-electron chi connectivity index (χ2n) is 4.01. The van der Waals surface area contributed by atoms with Gasteiger partial charge in [-0.05, 0) is 31.2 Å². The summed E-state index contributed by atoms with van der Waals surface area (Å²) in [6.07, 6.45) is 6.01.